The lowest BCUT2D eigenvalue weighted by Crippen LogP contribution is -2.36. The first kappa shape index (κ1) is 14.1. The van der Waals surface area contributed by atoms with Gasteiger partial charge in [0.15, 0.2) is 0 Å². The summed E-state index contributed by atoms with van der Waals surface area (Å²) in [5.41, 5.74) is 4.10. The van der Waals surface area contributed by atoms with Crippen LogP contribution in [0.5, 0.6) is 0 Å². The summed E-state index contributed by atoms with van der Waals surface area (Å²) < 4.78 is 0. The zero-order valence-corrected chi connectivity index (χ0v) is 12.5. The lowest BCUT2D eigenvalue weighted by atomic mass is 9.81. The fraction of sp³-hybridized carbons (Fsp3) is 0.588. The van der Waals surface area contributed by atoms with E-state index in [4.69, 9.17) is 5.26 Å². The molecule has 0 amide bonds. The molecule has 0 radical (unpaired) electrons. The van der Waals surface area contributed by atoms with Gasteiger partial charge in [-0.2, -0.15) is 5.26 Å². The first-order valence-electron chi connectivity index (χ1n) is 7.08. The SMILES string of the molecule is Cc1ccc(C)c(C(C)(C)CNCC2(C#N)CC2)c1. The third-order valence-corrected chi connectivity index (χ3v) is 4.24. The standard InChI is InChI=1S/C17H24N2/c1-13-5-6-14(2)15(9-13)16(3,4)11-19-12-17(10-18)7-8-17/h5-6,9,19H,7-8,11-12H2,1-4H3. The van der Waals surface area contributed by atoms with Gasteiger partial charge >= 0.3 is 0 Å². The van der Waals surface area contributed by atoms with Crippen molar-refractivity contribution in [3.05, 3.63) is 34.9 Å². The molecule has 1 N–H and O–H groups in total. The van der Waals surface area contributed by atoms with Crippen molar-refractivity contribution in [2.75, 3.05) is 13.1 Å². The van der Waals surface area contributed by atoms with Gasteiger partial charge in [-0.1, -0.05) is 37.6 Å². The molecule has 102 valence electrons. The Kier molecular flexibility index (Phi) is 3.69. The third-order valence-electron chi connectivity index (χ3n) is 4.24. The lowest BCUT2D eigenvalue weighted by Gasteiger charge is -2.28. The minimum absolute atomic E-state index is 0.0578. The molecule has 0 saturated heterocycles. The second-order valence-corrected chi connectivity index (χ2v) is 6.70. The Labute approximate surface area is 116 Å². The molecule has 2 rings (SSSR count). The maximum absolute atomic E-state index is 9.09. The highest BCUT2D eigenvalue weighted by molar-refractivity contribution is 5.36. The predicted octanol–water partition coefficient (Wildman–Crippen LogP) is 3.47. The highest BCUT2D eigenvalue weighted by atomic mass is 14.9. The van der Waals surface area contributed by atoms with Gasteiger partial charge in [0.2, 0.25) is 0 Å². The molecule has 0 bridgehead atoms. The Morgan fingerprint density at radius 3 is 2.58 bits per heavy atom. The first-order chi connectivity index (χ1) is 8.88. The van der Waals surface area contributed by atoms with Gasteiger partial charge in [0.05, 0.1) is 11.5 Å². The van der Waals surface area contributed by atoms with E-state index >= 15 is 0 Å². The van der Waals surface area contributed by atoms with Crippen molar-refractivity contribution in [2.45, 2.75) is 46.0 Å². The molecule has 2 heteroatoms. The summed E-state index contributed by atoms with van der Waals surface area (Å²) in [5.74, 6) is 0. The molecule has 0 aromatic heterocycles. The Bertz CT molecular complexity index is 504. The summed E-state index contributed by atoms with van der Waals surface area (Å²) in [6.07, 6.45) is 2.11. The Hall–Kier alpha value is -1.33. The number of nitrogens with zero attached hydrogens (tertiary/aromatic N) is 1. The average Bonchev–Trinajstić information content (AvgIpc) is 3.12. The van der Waals surface area contributed by atoms with Crippen molar-refractivity contribution in [2.24, 2.45) is 5.41 Å². The van der Waals surface area contributed by atoms with Crippen molar-refractivity contribution in [3.8, 4) is 6.07 Å². The lowest BCUT2D eigenvalue weighted by molar-refractivity contribution is 0.441. The minimum Gasteiger partial charge on any atom is -0.314 e. The summed E-state index contributed by atoms with van der Waals surface area (Å²) in [4.78, 5) is 0. The van der Waals surface area contributed by atoms with Gasteiger partial charge in [-0.05, 0) is 37.8 Å². The average molecular weight is 256 g/mol. The second kappa shape index (κ2) is 4.98. The number of nitrogens with one attached hydrogen (secondary N) is 1. The summed E-state index contributed by atoms with van der Waals surface area (Å²) >= 11 is 0. The van der Waals surface area contributed by atoms with Crippen molar-refractivity contribution < 1.29 is 0 Å². The molecule has 0 aliphatic heterocycles. The van der Waals surface area contributed by atoms with Crippen LogP contribution in [0.4, 0.5) is 0 Å². The van der Waals surface area contributed by atoms with E-state index in [1.165, 1.54) is 16.7 Å². The molecule has 1 aliphatic carbocycles. The molecular formula is C17H24N2. The molecule has 0 heterocycles. The van der Waals surface area contributed by atoms with Crippen LogP contribution in [0.15, 0.2) is 18.2 Å². The molecule has 0 atom stereocenters. The Balaban J connectivity index is 2.01. The largest absolute Gasteiger partial charge is 0.314 e. The number of hydrogen-bond acceptors (Lipinski definition) is 2. The number of aryl methyl sites for hydroxylation is 2. The summed E-state index contributed by atoms with van der Waals surface area (Å²) in [5, 5.41) is 12.6. The van der Waals surface area contributed by atoms with Crippen molar-refractivity contribution in [3.63, 3.8) is 0 Å². The predicted molar refractivity (Wildman–Crippen MR) is 79.1 cm³/mol. The van der Waals surface area contributed by atoms with Crippen LogP contribution in [0, 0.1) is 30.6 Å². The maximum atomic E-state index is 9.09. The molecule has 1 fully saturated rings. The van der Waals surface area contributed by atoms with E-state index in [0.29, 0.717) is 0 Å². The van der Waals surface area contributed by atoms with Crippen LogP contribution in [-0.4, -0.2) is 13.1 Å². The number of hydrogen-bond donors (Lipinski definition) is 1. The van der Waals surface area contributed by atoms with Crippen molar-refractivity contribution in [1.29, 1.82) is 5.26 Å². The van der Waals surface area contributed by atoms with E-state index in [-0.39, 0.29) is 10.8 Å². The Morgan fingerprint density at radius 1 is 1.32 bits per heavy atom. The topological polar surface area (TPSA) is 35.8 Å². The van der Waals surface area contributed by atoms with E-state index < -0.39 is 0 Å². The quantitative estimate of drug-likeness (QED) is 0.875. The number of nitriles is 1. The van der Waals surface area contributed by atoms with Crippen molar-refractivity contribution in [1.82, 2.24) is 5.32 Å². The zero-order valence-electron chi connectivity index (χ0n) is 12.5. The molecule has 0 spiro atoms. The maximum Gasteiger partial charge on any atom is 0.0703 e. The van der Waals surface area contributed by atoms with Gasteiger partial charge in [-0.15, -0.1) is 0 Å². The molecule has 2 nitrogen and oxygen atoms in total. The van der Waals surface area contributed by atoms with Gasteiger partial charge in [0, 0.05) is 18.5 Å². The highest BCUT2D eigenvalue weighted by Crippen LogP contribution is 2.44. The van der Waals surface area contributed by atoms with Crippen LogP contribution in [0.25, 0.3) is 0 Å². The van der Waals surface area contributed by atoms with Crippen LogP contribution in [0.3, 0.4) is 0 Å². The molecule has 19 heavy (non-hydrogen) atoms. The second-order valence-electron chi connectivity index (χ2n) is 6.70. The van der Waals surface area contributed by atoms with Gasteiger partial charge in [0.25, 0.3) is 0 Å². The van der Waals surface area contributed by atoms with E-state index in [9.17, 15) is 0 Å². The molecule has 0 unspecified atom stereocenters. The third kappa shape index (κ3) is 3.16. The normalized spacial score (nSPS) is 17.0. The monoisotopic (exact) mass is 256 g/mol. The first-order valence-corrected chi connectivity index (χ1v) is 7.08. The molecule has 1 saturated carbocycles. The van der Waals surface area contributed by atoms with E-state index in [0.717, 1.165) is 25.9 Å². The fourth-order valence-corrected chi connectivity index (χ4v) is 2.65. The Morgan fingerprint density at radius 2 is 2.00 bits per heavy atom. The van der Waals surface area contributed by atoms with Crippen LogP contribution in [0.2, 0.25) is 0 Å². The summed E-state index contributed by atoms with van der Waals surface area (Å²) in [6.45, 7) is 10.6. The van der Waals surface area contributed by atoms with Crippen molar-refractivity contribution >= 4 is 0 Å². The fourth-order valence-electron chi connectivity index (χ4n) is 2.65. The summed E-state index contributed by atoms with van der Waals surface area (Å²) in [7, 11) is 0. The van der Waals surface area contributed by atoms with Gasteiger partial charge in [-0.3, -0.25) is 0 Å². The highest BCUT2D eigenvalue weighted by Gasteiger charge is 2.42. The van der Waals surface area contributed by atoms with Crippen LogP contribution < -0.4 is 5.32 Å². The molecule has 1 aromatic rings. The van der Waals surface area contributed by atoms with Gasteiger partial charge in [-0.25, -0.2) is 0 Å². The van der Waals surface area contributed by atoms with Gasteiger partial charge < -0.3 is 5.32 Å². The minimum atomic E-state index is -0.0578. The molecular weight excluding hydrogens is 232 g/mol. The van der Waals surface area contributed by atoms with Gasteiger partial charge in [0.1, 0.15) is 0 Å². The van der Waals surface area contributed by atoms with E-state index in [2.05, 4.69) is 57.3 Å². The number of benzene rings is 1. The zero-order chi connectivity index (χ0) is 14.1. The summed E-state index contributed by atoms with van der Waals surface area (Å²) in [6, 6.07) is 9.08. The van der Waals surface area contributed by atoms with Crippen LogP contribution in [0.1, 0.15) is 43.4 Å². The molecule has 1 aliphatic rings. The smallest absolute Gasteiger partial charge is 0.0703 e. The van der Waals surface area contributed by atoms with Crippen LogP contribution >= 0.6 is 0 Å². The van der Waals surface area contributed by atoms with E-state index in [1.54, 1.807) is 0 Å². The number of rotatable bonds is 5. The van der Waals surface area contributed by atoms with E-state index in [1.807, 2.05) is 0 Å². The van der Waals surface area contributed by atoms with Crippen LogP contribution in [-0.2, 0) is 5.41 Å². The molecule has 1 aromatic carbocycles.